The van der Waals surface area contributed by atoms with Crippen LogP contribution in [0.5, 0.6) is 11.5 Å². The average Bonchev–Trinajstić information content (AvgIpc) is 3.34. The minimum atomic E-state index is -0.974. The summed E-state index contributed by atoms with van der Waals surface area (Å²) in [6.07, 6.45) is 5.37. The summed E-state index contributed by atoms with van der Waals surface area (Å²) < 4.78 is 10.8. The SMILES string of the molecule is COc1ccc(CC(=O)[C@H](CCCCN)NC(=O)c2cccc(C(=O)N[C@@H](CCCCN)C(=O)Cc3ccc(OC)c(C(=O)N[C@@H](CCCCN)C(N)=O)c3)c2)cc1C(=O)N[C@@H](CCCCN)C(N)=O. The molecule has 0 radical (unpaired) electrons. The molecular formula is C50H72N10O10. The number of hydrogen-bond donors (Lipinski definition) is 10. The molecule has 20 nitrogen and oxygen atoms in total. The number of nitrogens with two attached hydrogens (primary N) is 6. The highest BCUT2D eigenvalue weighted by Crippen LogP contribution is 2.24. The molecule has 4 atom stereocenters. The third kappa shape index (κ3) is 18.6. The molecule has 70 heavy (non-hydrogen) atoms. The van der Waals surface area contributed by atoms with Crippen molar-refractivity contribution < 1.29 is 47.8 Å². The number of Topliss-reactive ketones (excluding diaryl/α,β-unsaturated/α-hetero) is 2. The van der Waals surface area contributed by atoms with Gasteiger partial charge in [-0.05, 0) is 157 Å². The number of ether oxygens (including phenoxy) is 2. The van der Waals surface area contributed by atoms with E-state index in [0.29, 0.717) is 102 Å². The zero-order chi connectivity index (χ0) is 51.6. The van der Waals surface area contributed by atoms with Crippen LogP contribution < -0.4 is 65.1 Å². The van der Waals surface area contributed by atoms with Gasteiger partial charge in [0.1, 0.15) is 23.6 Å². The summed E-state index contributed by atoms with van der Waals surface area (Å²) in [7, 11) is 2.77. The topological polar surface area (TPSA) is 359 Å². The lowest BCUT2D eigenvalue weighted by molar-refractivity contribution is -0.121. The predicted octanol–water partition coefficient (Wildman–Crippen LogP) is 1.21. The van der Waals surface area contributed by atoms with Crippen LogP contribution >= 0.6 is 0 Å². The van der Waals surface area contributed by atoms with Gasteiger partial charge in [-0.1, -0.05) is 18.2 Å². The Balaban J connectivity index is 1.80. The van der Waals surface area contributed by atoms with Gasteiger partial charge in [0.25, 0.3) is 23.6 Å². The van der Waals surface area contributed by atoms with Gasteiger partial charge < -0.3 is 65.1 Å². The molecular weight excluding hydrogens is 901 g/mol. The number of ketones is 2. The van der Waals surface area contributed by atoms with Gasteiger partial charge in [0.2, 0.25) is 11.8 Å². The molecule has 0 fully saturated rings. The molecule has 0 spiro atoms. The molecule has 0 bridgehead atoms. The Morgan fingerprint density at radius 1 is 0.443 bits per heavy atom. The molecule has 0 aliphatic heterocycles. The standard InChI is InChI=1S/C50H72N10O10/c1-69-43-20-18-31(26-35(43)49(67)59-39(45(55)63)16-5-9-24-53)28-41(61)37(14-3-7-22-51)57-47(65)33-12-11-13-34(30-33)48(66)58-38(15-4-8-23-52)42(62)29-32-19-21-44(70-2)36(27-32)50(68)60-40(46(56)64)17-6-10-25-54/h11-13,18-21,26-27,30,37-40H,3-10,14-17,22-25,28-29,51-54H2,1-2H3,(H2,55,63)(H2,56,64)(H,57,65)(H,58,66)(H,59,67)(H,60,68)/t37-,38-,39-,40-/m0/s1. The maximum atomic E-state index is 13.9. The summed E-state index contributed by atoms with van der Waals surface area (Å²) in [6.45, 7) is 1.57. The van der Waals surface area contributed by atoms with Crippen molar-refractivity contribution in [3.05, 3.63) is 94.0 Å². The van der Waals surface area contributed by atoms with E-state index in [9.17, 15) is 38.4 Å². The minimum Gasteiger partial charge on any atom is -0.496 e. The molecule has 0 saturated carbocycles. The molecule has 6 amide bonds. The Hall–Kier alpha value is -6.74. The van der Waals surface area contributed by atoms with E-state index in [2.05, 4.69) is 21.3 Å². The predicted molar refractivity (Wildman–Crippen MR) is 265 cm³/mol. The van der Waals surface area contributed by atoms with Gasteiger partial charge in [-0.25, -0.2) is 0 Å². The fourth-order valence-corrected chi connectivity index (χ4v) is 7.66. The number of carbonyl (C=O) groups is 8. The molecule has 16 N–H and O–H groups in total. The molecule has 0 unspecified atom stereocenters. The molecule has 0 saturated heterocycles. The van der Waals surface area contributed by atoms with E-state index < -0.39 is 59.6 Å². The summed E-state index contributed by atoms with van der Waals surface area (Å²) in [6, 6.07) is 11.3. The maximum absolute atomic E-state index is 13.9. The third-order valence-electron chi connectivity index (χ3n) is 11.6. The van der Waals surface area contributed by atoms with Gasteiger partial charge in [0.15, 0.2) is 11.6 Å². The van der Waals surface area contributed by atoms with Crippen LogP contribution in [-0.2, 0) is 32.0 Å². The number of nitrogens with one attached hydrogen (secondary N) is 4. The number of rotatable bonds is 34. The Morgan fingerprint density at radius 2 is 0.771 bits per heavy atom. The lowest BCUT2D eigenvalue weighted by Crippen LogP contribution is -2.44. The van der Waals surface area contributed by atoms with Gasteiger partial charge in [0, 0.05) is 24.0 Å². The summed E-state index contributed by atoms with van der Waals surface area (Å²) >= 11 is 0. The molecule has 0 aromatic heterocycles. The van der Waals surface area contributed by atoms with Gasteiger partial charge in [-0.3, -0.25) is 38.4 Å². The van der Waals surface area contributed by atoms with Crippen LogP contribution in [0.25, 0.3) is 0 Å². The van der Waals surface area contributed by atoms with Gasteiger partial charge >= 0.3 is 0 Å². The highest BCUT2D eigenvalue weighted by atomic mass is 16.5. The van der Waals surface area contributed by atoms with Crippen LogP contribution in [0.2, 0.25) is 0 Å². The molecule has 0 heterocycles. The summed E-state index contributed by atoms with van der Waals surface area (Å²) in [5.41, 5.74) is 35.0. The molecule has 20 heteroatoms. The van der Waals surface area contributed by atoms with Crippen LogP contribution in [0.4, 0.5) is 0 Å². The molecule has 0 aliphatic carbocycles. The lowest BCUT2D eigenvalue weighted by Gasteiger charge is -2.20. The Morgan fingerprint density at radius 3 is 1.09 bits per heavy atom. The first-order chi connectivity index (χ1) is 33.6. The van der Waals surface area contributed by atoms with Crippen LogP contribution in [0.1, 0.15) is 130 Å². The van der Waals surface area contributed by atoms with E-state index in [1.807, 2.05) is 0 Å². The summed E-state index contributed by atoms with van der Waals surface area (Å²) in [4.78, 5) is 106. The second-order valence-electron chi connectivity index (χ2n) is 17.0. The highest BCUT2D eigenvalue weighted by Gasteiger charge is 2.27. The van der Waals surface area contributed by atoms with Crippen molar-refractivity contribution >= 4 is 47.0 Å². The van der Waals surface area contributed by atoms with Crippen molar-refractivity contribution in [1.29, 1.82) is 0 Å². The first-order valence-electron chi connectivity index (χ1n) is 23.7. The highest BCUT2D eigenvalue weighted by molar-refractivity contribution is 6.04. The third-order valence-corrected chi connectivity index (χ3v) is 11.6. The molecule has 3 aromatic rings. The number of benzene rings is 3. The molecule has 3 aromatic carbocycles. The number of amides is 6. The monoisotopic (exact) mass is 973 g/mol. The minimum absolute atomic E-state index is 0.0798. The summed E-state index contributed by atoms with van der Waals surface area (Å²) in [5.74, 6) is -4.20. The van der Waals surface area contributed by atoms with E-state index in [0.717, 1.165) is 0 Å². The van der Waals surface area contributed by atoms with Crippen molar-refractivity contribution in [1.82, 2.24) is 21.3 Å². The second kappa shape index (κ2) is 30.7. The largest absolute Gasteiger partial charge is 0.496 e. The normalized spacial score (nSPS) is 12.7. The van der Waals surface area contributed by atoms with Gasteiger partial charge in [0.05, 0.1) is 37.4 Å². The quantitative estimate of drug-likeness (QED) is 0.0376. The fourth-order valence-electron chi connectivity index (χ4n) is 7.66. The van der Waals surface area contributed by atoms with Gasteiger partial charge in [-0.2, -0.15) is 0 Å². The van der Waals surface area contributed by atoms with Crippen molar-refractivity contribution in [2.45, 2.75) is 114 Å². The Labute approximate surface area is 409 Å². The zero-order valence-corrected chi connectivity index (χ0v) is 40.4. The van der Waals surface area contributed by atoms with E-state index in [-0.39, 0.29) is 71.0 Å². The van der Waals surface area contributed by atoms with Crippen molar-refractivity contribution in [2.24, 2.45) is 34.4 Å². The Kier molecular flexibility index (Phi) is 25.2. The number of primary amides is 2. The smallest absolute Gasteiger partial charge is 0.255 e. The van der Waals surface area contributed by atoms with Crippen molar-refractivity contribution in [3.8, 4) is 11.5 Å². The van der Waals surface area contributed by atoms with Crippen LogP contribution in [0, 0.1) is 0 Å². The van der Waals surface area contributed by atoms with E-state index >= 15 is 0 Å². The van der Waals surface area contributed by atoms with Crippen molar-refractivity contribution in [3.63, 3.8) is 0 Å². The van der Waals surface area contributed by atoms with Crippen LogP contribution in [0.15, 0.2) is 60.7 Å². The van der Waals surface area contributed by atoms with Crippen molar-refractivity contribution in [2.75, 3.05) is 40.4 Å². The lowest BCUT2D eigenvalue weighted by atomic mass is 9.96. The number of methoxy groups -OCH3 is 2. The molecule has 382 valence electrons. The van der Waals surface area contributed by atoms with Gasteiger partial charge in [-0.15, -0.1) is 0 Å². The fraction of sp³-hybridized carbons (Fsp3) is 0.480. The Bertz CT molecular complexity index is 2110. The maximum Gasteiger partial charge on any atom is 0.255 e. The van der Waals surface area contributed by atoms with E-state index in [1.165, 1.54) is 62.8 Å². The van der Waals surface area contributed by atoms with E-state index in [4.69, 9.17) is 43.9 Å². The molecule has 0 aliphatic rings. The average molecular weight is 973 g/mol. The van der Waals surface area contributed by atoms with Crippen LogP contribution in [-0.4, -0.2) is 112 Å². The number of carbonyl (C=O) groups excluding carboxylic acids is 8. The summed E-state index contributed by atoms with van der Waals surface area (Å²) in [5, 5.41) is 10.9. The number of unbranched alkanes of at least 4 members (excludes halogenated alkanes) is 4. The zero-order valence-electron chi connectivity index (χ0n) is 40.4. The molecule has 3 rings (SSSR count). The second-order valence-corrected chi connectivity index (χ2v) is 17.0. The van der Waals surface area contributed by atoms with Crippen LogP contribution in [0.3, 0.4) is 0 Å². The van der Waals surface area contributed by atoms with E-state index in [1.54, 1.807) is 12.1 Å². The first-order valence-corrected chi connectivity index (χ1v) is 23.7. The first kappa shape index (κ1) is 57.6. The number of hydrogen-bond acceptors (Lipinski definition) is 14.